The Morgan fingerprint density at radius 2 is 2.00 bits per heavy atom. The van der Waals surface area contributed by atoms with Gasteiger partial charge in [0, 0.05) is 24.9 Å². The molecule has 0 spiro atoms. The maximum atomic E-state index is 11.3. The van der Waals surface area contributed by atoms with Crippen LogP contribution in [0.2, 0.25) is 0 Å². The second kappa shape index (κ2) is 7.24. The van der Waals surface area contributed by atoms with Gasteiger partial charge < -0.3 is 10.6 Å². The van der Waals surface area contributed by atoms with E-state index in [-0.39, 0.29) is 11.4 Å². The van der Waals surface area contributed by atoms with Crippen molar-refractivity contribution in [1.82, 2.24) is 10.6 Å². The van der Waals surface area contributed by atoms with Crippen LogP contribution in [0, 0.1) is 11.3 Å². The second-order valence-electron chi connectivity index (χ2n) is 4.56. The molecule has 4 heteroatoms. The van der Waals surface area contributed by atoms with Gasteiger partial charge in [0.15, 0.2) is 0 Å². The first-order valence-electron chi connectivity index (χ1n) is 5.34. The van der Waals surface area contributed by atoms with Crippen LogP contribution in [0.5, 0.6) is 0 Å². The number of rotatable bonds is 6. The van der Waals surface area contributed by atoms with Crippen molar-refractivity contribution in [2.45, 2.75) is 45.6 Å². The average molecular weight is 211 g/mol. The van der Waals surface area contributed by atoms with Gasteiger partial charge in [-0.25, -0.2) is 0 Å². The molecular weight excluding hydrogens is 190 g/mol. The summed E-state index contributed by atoms with van der Waals surface area (Å²) < 4.78 is 0. The first-order chi connectivity index (χ1) is 6.95. The Balaban J connectivity index is 3.37. The highest BCUT2D eigenvalue weighted by molar-refractivity contribution is 5.76. The molecule has 0 saturated heterocycles. The minimum absolute atomic E-state index is 0.0651. The predicted molar refractivity (Wildman–Crippen MR) is 60.2 cm³/mol. The summed E-state index contributed by atoms with van der Waals surface area (Å²) in [7, 11) is 0. The molecule has 0 radical (unpaired) electrons. The lowest BCUT2D eigenvalue weighted by Gasteiger charge is -2.20. The molecule has 86 valence electrons. The van der Waals surface area contributed by atoms with Crippen LogP contribution < -0.4 is 10.6 Å². The number of nitrogens with one attached hydrogen (secondary N) is 2. The van der Waals surface area contributed by atoms with Crippen LogP contribution in [0.15, 0.2) is 0 Å². The van der Waals surface area contributed by atoms with Crippen molar-refractivity contribution in [3.05, 3.63) is 0 Å². The fourth-order valence-corrected chi connectivity index (χ4v) is 1.10. The number of amides is 1. The van der Waals surface area contributed by atoms with Gasteiger partial charge >= 0.3 is 0 Å². The van der Waals surface area contributed by atoms with Crippen LogP contribution in [0.25, 0.3) is 0 Å². The van der Waals surface area contributed by atoms with Crippen molar-refractivity contribution in [3.63, 3.8) is 0 Å². The molecule has 0 aliphatic heterocycles. The summed E-state index contributed by atoms with van der Waals surface area (Å²) in [5.74, 6) is 0.0651. The van der Waals surface area contributed by atoms with Gasteiger partial charge in [0.1, 0.15) is 0 Å². The molecule has 2 N–H and O–H groups in total. The SMILES string of the molecule is CC(C)(C)NC(=O)CCNCCCC#N. The minimum atomic E-state index is -0.155. The summed E-state index contributed by atoms with van der Waals surface area (Å²) in [5.41, 5.74) is -0.155. The van der Waals surface area contributed by atoms with Gasteiger partial charge in [-0.2, -0.15) is 5.26 Å². The lowest BCUT2D eigenvalue weighted by atomic mass is 10.1. The van der Waals surface area contributed by atoms with Crippen molar-refractivity contribution < 1.29 is 4.79 Å². The van der Waals surface area contributed by atoms with Gasteiger partial charge in [0.25, 0.3) is 0 Å². The lowest BCUT2D eigenvalue weighted by molar-refractivity contribution is -0.122. The van der Waals surface area contributed by atoms with Gasteiger partial charge in [-0.15, -0.1) is 0 Å². The van der Waals surface area contributed by atoms with Crippen LogP contribution in [0.4, 0.5) is 0 Å². The third-order valence-corrected chi connectivity index (χ3v) is 1.69. The topological polar surface area (TPSA) is 64.9 Å². The third kappa shape index (κ3) is 10.8. The van der Waals surface area contributed by atoms with Gasteiger partial charge in [0.2, 0.25) is 5.91 Å². The molecule has 0 aromatic carbocycles. The molecule has 0 aromatic heterocycles. The van der Waals surface area contributed by atoms with E-state index in [1.54, 1.807) is 0 Å². The standard InChI is InChI=1S/C11H21N3O/c1-11(2,3)14-10(15)6-9-13-8-5-4-7-12/h13H,4-6,8-9H2,1-3H3,(H,14,15). The molecule has 0 atom stereocenters. The summed E-state index contributed by atoms with van der Waals surface area (Å²) in [6, 6.07) is 2.08. The average Bonchev–Trinajstić information content (AvgIpc) is 2.08. The summed E-state index contributed by atoms with van der Waals surface area (Å²) in [5, 5.41) is 14.3. The van der Waals surface area contributed by atoms with E-state index in [9.17, 15) is 4.79 Å². The monoisotopic (exact) mass is 211 g/mol. The number of hydrogen-bond donors (Lipinski definition) is 2. The summed E-state index contributed by atoms with van der Waals surface area (Å²) in [6.45, 7) is 7.37. The summed E-state index contributed by atoms with van der Waals surface area (Å²) >= 11 is 0. The van der Waals surface area contributed by atoms with E-state index < -0.39 is 0 Å². The first kappa shape index (κ1) is 13.9. The van der Waals surface area contributed by atoms with Crippen LogP contribution in [0.1, 0.15) is 40.0 Å². The van der Waals surface area contributed by atoms with Gasteiger partial charge in [-0.05, 0) is 33.7 Å². The molecule has 0 rings (SSSR count). The minimum Gasteiger partial charge on any atom is -0.351 e. The zero-order chi connectivity index (χ0) is 11.7. The van der Waals surface area contributed by atoms with E-state index >= 15 is 0 Å². The van der Waals surface area contributed by atoms with Crippen LogP contribution >= 0.6 is 0 Å². The Morgan fingerprint density at radius 3 is 2.53 bits per heavy atom. The molecular formula is C11H21N3O. The van der Waals surface area contributed by atoms with Crippen LogP contribution in [0.3, 0.4) is 0 Å². The Hall–Kier alpha value is -1.08. The highest BCUT2D eigenvalue weighted by atomic mass is 16.1. The molecule has 0 aromatic rings. The molecule has 0 unspecified atom stereocenters. The lowest BCUT2D eigenvalue weighted by Crippen LogP contribution is -2.41. The van der Waals surface area contributed by atoms with Crippen molar-refractivity contribution in [2.75, 3.05) is 13.1 Å². The normalized spacial score (nSPS) is 10.8. The molecule has 0 aliphatic carbocycles. The number of carbonyl (C=O) groups excluding carboxylic acids is 1. The summed E-state index contributed by atoms with van der Waals surface area (Å²) in [6.07, 6.45) is 1.91. The van der Waals surface area contributed by atoms with E-state index in [2.05, 4.69) is 16.7 Å². The van der Waals surface area contributed by atoms with Crippen LogP contribution in [-0.4, -0.2) is 24.5 Å². The molecule has 15 heavy (non-hydrogen) atoms. The van der Waals surface area contributed by atoms with E-state index in [1.165, 1.54) is 0 Å². The number of carbonyl (C=O) groups is 1. The fraction of sp³-hybridized carbons (Fsp3) is 0.818. The Bertz CT molecular complexity index is 225. The highest BCUT2D eigenvalue weighted by Gasteiger charge is 2.12. The Kier molecular flexibility index (Phi) is 6.72. The predicted octanol–water partition coefficient (Wildman–Crippen LogP) is 1.18. The Morgan fingerprint density at radius 1 is 1.33 bits per heavy atom. The van der Waals surface area contributed by atoms with Gasteiger partial charge in [0.05, 0.1) is 6.07 Å². The molecule has 0 saturated carbocycles. The Labute approximate surface area is 92.0 Å². The van der Waals surface area contributed by atoms with Crippen molar-refractivity contribution in [3.8, 4) is 6.07 Å². The van der Waals surface area contributed by atoms with Crippen molar-refractivity contribution in [1.29, 1.82) is 5.26 Å². The fourth-order valence-electron chi connectivity index (χ4n) is 1.10. The number of nitrogens with zero attached hydrogens (tertiary/aromatic N) is 1. The largest absolute Gasteiger partial charge is 0.351 e. The second-order valence-corrected chi connectivity index (χ2v) is 4.56. The molecule has 4 nitrogen and oxygen atoms in total. The number of nitriles is 1. The molecule has 0 bridgehead atoms. The van der Waals surface area contributed by atoms with Crippen LogP contribution in [-0.2, 0) is 4.79 Å². The van der Waals surface area contributed by atoms with Gasteiger partial charge in [-0.1, -0.05) is 0 Å². The molecule has 1 amide bonds. The van der Waals surface area contributed by atoms with Crippen molar-refractivity contribution in [2.24, 2.45) is 0 Å². The summed E-state index contributed by atoms with van der Waals surface area (Å²) in [4.78, 5) is 11.3. The highest BCUT2D eigenvalue weighted by Crippen LogP contribution is 1.98. The van der Waals surface area contributed by atoms with E-state index in [0.29, 0.717) is 19.4 Å². The molecule has 0 aliphatic rings. The number of hydrogen-bond acceptors (Lipinski definition) is 3. The molecule has 0 heterocycles. The zero-order valence-electron chi connectivity index (χ0n) is 9.89. The molecule has 0 fully saturated rings. The van der Waals surface area contributed by atoms with E-state index in [0.717, 1.165) is 13.0 Å². The third-order valence-electron chi connectivity index (χ3n) is 1.69. The van der Waals surface area contributed by atoms with E-state index in [4.69, 9.17) is 5.26 Å². The first-order valence-corrected chi connectivity index (χ1v) is 5.34. The van der Waals surface area contributed by atoms with E-state index in [1.807, 2.05) is 20.8 Å². The maximum Gasteiger partial charge on any atom is 0.221 e. The maximum absolute atomic E-state index is 11.3. The van der Waals surface area contributed by atoms with Gasteiger partial charge in [-0.3, -0.25) is 4.79 Å². The zero-order valence-corrected chi connectivity index (χ0v) is 9.89. The number of unbranched alkanes of at least 4 members (excludes halogenated alkanes) is 1. The smallest absolute Gasteiger partial charge is 0.221 e. The van der Waals surface area contributed by atoms with Crippen molar-refractivity contribution >= 4 is 5.91 Å². The quantitative estimate of drug-likeness (QED) is 0.648.